The summed E-state index contributed by atoms with van der Waals surface area (Å²) in [6.07, 6.45) is 1.72. The van der Waals surface area contributed by atoms with Crippen LogP contribution in [0.2, 0.25) is 0 Å². The third kappa shape index (κ3) is 2.76. The first-order chi connectivity index (χ1) is 7.58. The Morgan fingerprint density at radius 1 is 1.50 bits per heavy atom. The molecule has 1 rings (SSSR count). The molecule has 0 aromatic heterocycles. The van der Waals surface area contributed by atoms with Crippen LogP contribution in [-0.4, -0.2) is 23.3 Å². The molecule has 0 spiro atoms. The number of aromatic hydroxyl groups is 1. The molecule has 1 aromatic rings. The van der Waals surface area contributed by atoms with E-state index in [-0.39, 0.29) is 5.75 Å². The number of carboxylic acid groups (broad SMARTS) is 1. The van der Waals surface area contributed by atoms with E-state index in [9.17, 15) is 9.90 Å². The third-order valence-corrected chi connectivity index (χ3v) is 2.21. The predicted molar refractivity (Wildman–Crippen MR) is 60.6 cm³/mol. The lowest BCUT2D eigenvalue weighted by molar-refractivity contribution is -0.131. The Kier molecular flexibility index (Phi) is 3.94. The van der Waals surface area contributed by atoms with Crippen LogP contribution in [0.15, 0.2) is 24.3 Å². The zero-order chi connectivity index (χ0) is 12.1. The lowest BCUT2D eigenvalue weighted by Crippen LogP contribution is -1.95. The molecule has 0 unspecified atom stereocenters. The van der Waals surface area contributed by atoms with Gasteiger partial charge in [-0.25, -0.2) is 4.79 Å². The minimum Gasteiger partial charge on any atom is -0.508 e. The van der Waals surface area contributed by atoms with Crippen LogP contribution in [0.4, 0.5) is 0 Å². The fourth-order valence-corrected chi connectivity index (χ4v) is 1.46. The number of carbonyl (C=O) groups is 1. The number of phenols is 1. The summed E-state index contributed by atoms with van der Waals surface area (Å²) in [6, 6.07) is 4.61. The molecule has 2 N–H and O–H groups in total. The number of phenolic OH excluding ortho intramolecular Hbond substituents is 1. The van der Waals surface area contributed by atoms with Gasteiger partial charge in [-0.2, -0.15) is 0 Å². The number of allylic oxidation sites excluding steroid dienone is 1. The summed E-state index contributed by atoms with van der Waals surface area (Å²) in [5.74, 6) is -0.437. The van der Waals surface area contributed by atoms with E-state index in [1.54, 1.807) is 6.07 Å². The highest BCUT2D eigenvalue weighted by atomic mass is 16.5. The van der Waals surface area contributed by atoms with Crippen molar-refractivity contribution in [3.63, 3.8) is 0 Å². The van der Waals surface area contributed by atoms with Crippen molar-refractivity contribution in [1.82, 2.24) is 0 Å². The summed E-state index contributed by atoms with van der Waals surface area (Å²) in [7, 11) is 1.48. The van der Waals surface area contributed by atoms with Crippen LogP contribution in [0.25, 0.3) is 5.57 Å². The standard InChI is InChI=1S/C12H14O4/c1-3-8(6-12(14)15)10-5-4-9(13)7-11(10)16-2/h4-7,13H,3H2,1-2H3,(H,14,15)/b8-6+. The molecular formula is C12H14O4. The third-order valence-electron chi connectivity index (χ3n) is 2.21. The number of carboxylic acids is 1. The normalized spacial score (nSPS) is 11.2. The highest BCUT2D eigenvalue weighted by Crippen LogP contribution is 2.31. The first-order valence-electron chi connectivity index (χ1n) is 4.89. The van der Waals surface area contributed by atoms with Crippen molar-refractivity contribution in [1.29, 1.82) is 0 Å². The number of hydrogen-bond acceptors (Lipinski definition) is 3. The molecular weight excluding hydrogens is 208 g/mol. The highest BCUT2D eigenvalue weighted by Gasteiger charge is 2.09. The number of hydrogen-bond donors (Lipinski definition) is 2. The molecule has 0 aliphatic rings. The Labute approximate surface area is 93.8 Å². The molecule has 0 saturated carbocycles. The zero-order valence-electron chi connectivity index (χ0n) is 9.23. The number of methoxy groups -OCH3 is 1. The number of aliphatic carboxylic acids is 1. The molecule has 0 aliphatic heterocycles. The van der Waals surface area contributed by atoms with E-state index in [1.165, 1.54) is 19.2 Å². The minimum absolute atomic E-state index is 0.0892. The second-order valence-electron chi connectivity index (χ2n) is 3.25. The summed E-state index contributed by atoms with van der Waals surface area (Å²) in [6.45, 7) is 1.86. The van der Waals surface area contributed by atoms with Crippen LogP contribution in [0.5, 0.6) is 11.5 Å². The number of rotatable bonds is 4. The van der Waals surface area contributed by atoms with Crippen LogP contribution in [0.3, 0.4) is 0 Å². The average molecular weight is 222 g/mol. The summed E-state index contributed by atoms with van der Waals surface area (Å²) < 4.78 is 5.10. The average Bonchev–Trinajstić information content (AvgIpc) is 2.25. The predicted octanol–water partition coefficient (Wildman–Crippen LogP) is 2.28. The molecule has 0 amide bonds. The van der Waals surface area contributed by atoms with Crippen LogP contribution in [0.1, 0.15) is 18.9 Å². The van der Waals surface area contributed by atoms with Gasteiger partial charge in [0.05, 0.1) is 7.11 Å². The molecule has 0 atom stereocenters. The van der Waals surface area contributed by atoms with E-state index in [2.05, 4.69) is 0 Å². The second kappa shape index (κ2) is 5.21. The Balaban J connectivity index is 3.24. The fraction of sp³-hybridized carbons (Fsp3) is 0.250. The molecule has 1 aromatic carbocycles. The SMILES string of the molecule is CC/C(=C\C(=O)O)c1ccc(O)cc1OC. The van der Waals surface area contributed by atoms with Gasteiger partial charge in [0.15, 0.2) is 0 Å². The van der Waals surface area contributed by atoms with Crippen molar-refractivity contribution in [2.75, 3.05) is 7.11 Å². The van der Waals surface area contributed by atoms with Crippen molar-refractivity contribution in [3.05, 3.63) is 29.8 Å². The lowest BCUT2D eigenvalue weighted by atomic mass is 10.0. The van der Waals surface area contributed by atoms with Gasteiger partial charge in [-0.15, -0.1) is 0 Å². The highest BCUT2D eigenvalue weighted by molar-refractivity contribution is 5.91. The first-order valence-corrected chi connectivity index (χ1v) is 4.89. The summed E-state index contributed by atoms with van der Waals surface area (Å²) >= 11 is 0. The van der Waals surface area contributed by atoms with Gasteiger partial charge in [0.25, 0.3) is 0 Å². The van der Waals surface area contributed by atoms with Crippen LogP contribution < -0.4 is 4.74 Å². The molecule has 4 nitrogen and oxygen atoms in total. The largest absolute Gasteiger partial charge is 0.508 e. The van der Waals surface area contributed by atoms with Gasteiger partial charge in [0, 0.05) is 17.7 Å². The molecule has 0 radical (unpaired) electrons. The van der Waals surface area contributed by atoms with E-state index < -0.39 is 5.97 Å². The van der Waals surface area contributed by atoms with Crippen LogP contribution in [0, 0.1) is 0 Å². The molecule has 0 fully saturated rings. The molecule has 16 heavy (non-hydrogen) atoms. The van der Waals surface area contributed by atoms with Crippen LogP contribution in [-0.2, 0) is 4.79 Å². The second-order valence-corrected chi connectivity index (χ2v) is 3.25. The van der Waals surface area contributed by atoms with E-state index in [1.807, 2.05) is 6.92 Å². The first kappa shape index (κ1) is 12.1. The maximum absolute atomic E-state index is 10.6. The van der Waals surface area contributed by atoms with E-state index in [0.717, 1.165) is 6.08 Å². The number of benzene rings is 1. The zero-order valence-corrected chi connectivity index (χ0v) is 9.23. The summed E-state index contributed by atoms with van der Waals surface area (Å²) in [4.78, 5) is 10.6. The molecule has 4 heteroatoms. The molecule has 0 saturated heterocycles. The Morgan fingerprint density at radius 2 is 2.19 bits per heavy atom. The van der Waals surface area contributed by atoms with E-state index in [0.29, 0.717) is 23.3 Å². The topological polar surface area (TPSA) is 66.8 Å². The quantitative estimate of drug-likeness (QED) is 0.767. The maximum atomic E-state index is 10.6. The summed E-state index contributed by atoms with van der Waals surface area (Å²) in [5.41, 5.74) is 1.34. The fourth-order valence-electron chi connectivity index (χ4n) is 1.46. The van der Waals surface area contributed by atoms with Crippen molar-refractivity contribution < 1.29 is 19.7 Å². The minimum atomic E-state index is -0.994. The monoisotopic (exact) mass is 222 g/mol. The molecule has 86 valence electrons. The van der Waals surface area contributed by atoms with Crippen molar-refractivity contribution in [3.8, 4) is 11.5 Å². The Morgan fingerprint density at radius 3 is 2.69 bits per heavy atom. The van der Waals surface area contributed by atoms with Gasteiger partial charge in [0.1, 0.15) is 11.5 Å². The lowest BCUT2D eigenvalue weighted by Gasteiger charge is -2.10. The van der Waals surface area contributed by atoms with Gasteiger partial charge in [0.2, 0.25) is 0 Å². The van der Waals surface area contributed by atoms with Gasteiger partial charge < -0.3 is 14.9 Å². The van der Waals surface area contributed by atoms with Gasteiger partial charge >= 0.3 is 5.97 Å². The molecule has 0 heterocycles. The Hall–Kier alpha value is -1.97. The van der Waals surface area contributed by atoms with Crippen LogP contribution >= 0.6 is 0 Å². The van der Waals surface area contributed by atoms with E-state index >= 15 is 0 Å². The van der Waals surface area contributed by atoms with Gasteiger partial charge in [-0.1, -0.05) is 6.92 Å². The summed E-state index contributed by atoms with van der Waals surface area (Å²) in [5, 5.41) is 18.0. The van der Waals surface area contributed by atoms with Crippen molar-refractivity contribution in [2.45, 2.75) is 13.3 Å². The van der Waals surface area contributed by atoms with Gasteiger partial charge in [-0.05, 0) is 24.1 Å². The van der Waals surface area contributed by atoms with Crippen molar-refractivity contribution in [2.24, 2.45) is 0 Å². The molecule has 0 bridgehead atoms. The maximum Gasteiger partial charge on any atom is 0.328 e. The van der Waals surface area contributed by atoms with Crippen molar-refractivity contribution >= 4 is 11.5 Å². The van der Waals surface area contributed by atoms with E-state index in [4.69, 9.17) is 9.84 Å². The smallest absolute Gasteiger partial charge is 0.328 e. The Bertz CT molecular complexity index is 421. The number of ether oxygens (including phenoxy) is 1. The molecule has 0 aliphatic carbocycles. The van der Waals surface area contributed by atoms with Gasteiger partial charge in [-0.3, -0.25) is 0 Å².